The van der Waals surface area contributed by atoms with E-state index >= 15 is 0 Å². The lowest BCUT2D eigenvalue weighted by Crippen LogP contribution is -2.64. The number of benzene rings is 1. The van der Waals surface area contributed by atoms with Crippen LogP contribution in [0.15, 0.2) is 35.6 Å². The van der Waals surface area contributed by atoms with E-state index in [2.05, 4.69) is 34.5 Å². The van der Waals surface area contributed by atoms with E-state index in [0.29, 0.717) is 23.4 Å². The van der Waals surface area contributed by atoms with Crippen LogP contribution in [-0.2, 0) is 4.74 Å². The highest BCUT2D eigenvalue weighted by molar-refractivity contribution is 5.87. The monoisotopic (exact) mass is 478 g/mol. The summed E-state index contributed by atoms with van der Waals surface area (Å²) in [5.41, 5.74) is 11.8. The van der Waals surface area contributed by atoms with Crippen LogP contribution < -0.4 is 15.4 Å². The quantitative estimate of drug-likeness (QED) is 0.411. The summed E-state index contributed by atoms with van der Waals surface area (Å²) in [6.45, 7) is 11.0. The number of piperidine rings is 1. The summed E-state index contributed by atoms with van der Waals surface area (Å²) < 4.78 is 13.0. The fraction of sp³-hybridized carbons (Fsp3) is 0.520. The summed E-state index contributed by atoms with van der Waals surface area (Å²) in [5, 5.41) is 15.2. The fourth-order valence-electron chi connectivity index (χ4n) is 5.16. The largest absolute Gasteiger partial charge is 0.479 e. The number of rotatable bonds is 8. The van der Waals surface area contributed by atoms with Crippen molar-refractivity contribution in [2.75, 3.05) is 50.6 Å². The maximum absolute atomic E-state index is 7.43. The molecular weight excluding hydrogens is 444 g/mol. The van der Waals surface area contributed by atoms with Crippen LogP contribution in [-0.4, -0.2) is 71.0 Å². The third-order valence-electron chi connectivity index (χ3n) is 7.28. The van der Waals surface area contributed by atoms with Crippen LogP contribution in [0.2, 0.25) is 0 Å². The van der Waals surface area contributed by atoms with Crippen molar-refractivity contribution in [2.24, 2.45) is 11.0 Å². The molecule has 0 bridgehead atoms. The molecule has 0 unspecified atom stereocenters. The predicted molar refractivity (Wildman–Crippen MR) is 136 cm³/mol. The first-order valence-electron chi connectivity index (χ1n) is 12.2. The summed E-state index contributed by atoms with van der Waals surface area (Å²) in [5.74, 6) is 1.54. The molecule has 2 saturated heterocycles. The molecule has 3 aromatic rings. The van der Waals surface area contributed by atoms with Gasteiger partial charge in [-0.25, -0.2) is 10.0 Å². The number of ether oxygens (including phenoxy) is 2. The molecule has 35 heavy (non-hydrogen) atoms. The van der Waals surface area contributed by atoms with E-state index in [1.165, 1.54) is 0 Å². The molecule has 0 amide bonds. The molecule has 2 aliphatic rings. The molecule has 3 N–H and O–H groups in total. The van der Waals surface area contributed by atoms with Crippen molar-refractivity contribution in [2.45, 2.75) is 38.8 Å². The van der Waals surface area contributed by atoms with E-state index in [0.717, 1.165) is 61.6 Å². The van der Waals surface area contributed by atoms with E-state index in [-0.39, 0.29) is 11.6 Å². The summed E-state index contributed by atoms with van der Waals surface area (Å²) in [6, 6.07) is 8.11. The maximum atomic E-state index is 7.43. The number of hydrogen-bond acceptors (Lipinski definition) is 9. The lowest BCUT2D eigenvalue weighted by molar-refractivity contribution is -0.140. The SMILES string of the molecule is CCNc1cc(-c2ccn3nc(N[C@H]4CCN(C5(C)COC5)C[C@H]4C)nc(OC)c23)ccc1N=N. The van der Waals surface area contributed by atoms with Gasteiger partial charge in [-0.3, -0.25) is 4.90 Å². The normalized spacial score (nSPS) is 21.9. The highest BCUT2D eigenvalue weighted by Gasteiger charge is 2.42. The Bertz CT molecular complexity index is 1220. The highest BCUT2D eigenvalue weighted by atomic mass is 16.5. The Morgan fingerprint density at radius 3 is 2.80 bits per heavy atom. The first-order valence-corrected chi connectivity index (χ1v) is 12.2. The van der Waals surface area contributed by atoms with Gasteiger partial charge in [0.15, 0.2) is 0 Å². The van der Waals surface area contributed by atoms with Gasteiger partial charge in [0.05, 0.1) is 31.5 Å². The Kier molecular flexibility index (Phi) is 6.33. The van der Waals surface area contributed by atoms with Gasteiger partial charge in [0.25, 0.3) is 0 Å². The first-order chi connectivity index (χ1) is 17.0. The molecule has 10 nitrogen and oxygen atoms in total. The average molecular weight is 479 g/mol. The van der Waals surface area contributed by atoms with Crippen molar-refractivity contribution in [3.8, 4) is 17.0 Å². The zero-order chi connectivity index (χ0) is 24.6. The van der Waals surface area contributed by atoms with E-state index < -0.39 is 0 Å². The van der Waals surface area contributed by atoms with E-state index in [1.54, 1.807) is 7.11 Å². The number of methoxy groups -OCH3 is 1. The van der Waals surface area contributed by atoms with E-state index in [4.69, 9.17) is 25.1 Å². The number of fused-ring (bicyclic) bond motifs is 1. The lowest BCUT2D eigenvalue weighted by atomic mass is 9.88. The smallest absolute Gasteiger partial charge is 0.244 e. The minimum absolute atomic E-state index is 0.179. The predicted octanol–water partition coefficient (Wildman–Crippen LogP) is 4.41. The lowest BCUT2D eigenvalue weighted by Gasteiger charge is -2.51. The van der Waals surface area contributed by atoms with Gasteiger partial charge in [-0.15, -0.1) is 5.10 Å². The van der Waals surface area contributed by atoms with E-state index in [1.807, 2.05) is 41.9 Å². The number of hydrogen-bond donors (Lipinski definition) is 3. The number of nitrogens with zero attached hydrogens (tertiary/aromatic N) is 5. The van der Waals surface area contributed by atoms with Crippen LogP contribution in [0.4, 0.5) is 17.3 Å². The number of aromatic nitrogens is 3. The molecule has 0 aliphatic carbocycles. The van der Waals surface area contributed by atoms with Crippen LogP contribution in [0.25, 0.3) is 16.6 Å². The molecule has 0 saturated carbocycles. The average Bonchev–Trinajstić information content (AvgIpc) is 3.27. The summed E-state index contributed by atoms with van der Waals surface area (Å²) in [7, 11) is 1.64. The second-order valence-electron chi connectivity index (χ2n) is 9.79. The molecule has 2 aromatic heterocycles. The Morgan fingerprint density at radius 1 is 1.31 bits per heavy atom. The molecule has 2 atom stereocenters. The Hall–Kier alpha value is -3.24. The third-order valence-corrected chi connectivity index (χ3v) is 7.28. The topological polar surface area (TPSA) is 112 Å². The number of likely N-dealkylation sites (tertiary alicyclic amines) is 1. The van der Waals surface area contributed by atoms with Crippen molar-refractivity contribution in [1.29, 1.82) is 5.53 Å². The Balaban J connectivity index is 1.40. The summed E-state index contributed by atoms with van der Waals surface area (Å²) in [4.78, 5) is 7.29. The summed E-state index contributed by atoms with van der Waals surface area (Å²) in [6.07, 6.45) is 2.96. The molecule has 2 aliphatic heterocycles. The molecule has 0 spiro atoms. The first kappa shape index (κ1) is 23.5. The standard InChI is InChI=1S/C25H34N8O2/c1-5-27-21-12-17(6-7-20(21)30-26)18-8-11-33-22(18)23(34-4)29-24(31-33)28-19-9-10-32(13-16(19)2)25(3)14-35-15-25/h6-8,11-12,16,19,26-27H,5,9-10,13-15H2,1-4H3,(H,28,31)/t16-,19+/m1/s1. The van der Waals surface area contributed by atoms with Crippen molar-refractivity contribution >= 4 is 22.8 Å². The molecule has 186 valence electrons. The summed E-state index contributed by atoms with van der Waals surface area (Å²) >= 11 is 0. The minimum atomic E-state index is 0.179. The van der Waals surface area contributed by atoms with Crippen molar-refractivity contribution in [3.05, 3.63) is 30.5 Å². The van der Waals surface area contributed by atoms with Gasteiger partial charge in [0.2, 0.25) is 11.8 Å². The fourth-order valence-corrected chi connectivity index (χ4v) is 5.16. The van der Waals surface area contributed by atoms with Gasteiger partial charge in [-0.2, -0.15) is 10.1 Å². The number of nitrogens with one attached hydrogen (secondary N) is 3. The molecule has 4 heterocycles. The maximum Gasteiger partial charge on any atom is 0.244 e. The van der Waals surface area contributed by atoms with Gasteiger partial charge in [0, 0.05) is 37.4 Å². The Labute approximate surface area is 205 Å². The second-order valence-corrected chi connectivity index (χ2v) is 9.79. The van der Waals surface area contributed by atoms with Crippen LogP contribution in [0.3, 0.4) is 0 Å². The van der Waals surface area contributed by atoms with Gasteiger partial charge in [-0.05, 0) is 49.9 Å². The van der Waals surface area contributed by atoms with Gasteiger partial charge < -0.3 is 20.1 Å². The zero-order valence-corrected chi connectivity index (χ0v) is 20.8. The van der Waals surface area contributed by atoms with Gasteiger partial charge in [0.1, 0.15) is 11.2 Å². The Morgan fingerprint density at radius 2 is 2.14 bits per heavy atom. The molecule has 1 aromatic carbocycles. The van der Waals surface area contributed by atoms with Crippen LogP contribution in [0, 0.1) is 11.4 Å². The molecule has 10 heteroatoms. The van der Waals surface area contributed by atoms with Crippen LogP contribution in [0.5, 0.6) is 5.88 Å². The molecule has 0 radical (unpaired) electrons. The van der Waals surface area contributed by atoms with Crippen molar-refractivity contribution in [1.82, 2.24) is 19.5 Å². The van der Waals surface area contributed by atoms with Gasteiger partial charge >= 0.3 is 0 Å². The van der Waals surface area contributed by atoms with Gasteiger partial charge in [-0.1, -0.05) is 13.0 Å². The number of anilines is 2. The van der Waals surface area contributed by atoms with E-state index in [9.17, 15) is 0 Å². The zero-order valence-electron chi connectivity index (χ0n) is 20.8. The third kappa shape index (κ3) is 4.32. The molecular formula is C25H34N8O2. The molecule has 5 rings (SSSR count). The van der Waals surface area contributed by atoms with Crippen LogP contribution >= 0.6 is 0 Å². The van der Waals surface area contributed by atoms with Crippen molar-refractivity contribution in [3.63, 3.8) is 0 Å². The van der Waals surface area contributed by atoms with Crippen molar-refractivity contribution < 1.29 is 9.47 Å². The highest BCUT2D eigenvalue weighted by Crippen LogP contribution is 2.36. The molecule has 2 fully saturated rings. The van der Waals surface area contributed by atoms with Crippen LogP contribution in [0.1, 0.15) is 27.2 Å². The second kappa shape index (κ2) is 9.43. The minimum Gasteiger partial charge on any atom is -0.479 e.